The molecular formula is C10H13. The minimum absolute atomic E-state index is 0.949. The normalized spacial score (nSPS) is 11.8. The number of rotatable bonds is 5. The smallest absolute Gasteiger partial charge is 0.0167 e. The van der Waals surface area contributed by atoms with Crippen LogP contribution in [0.25, 0.3) is 0 Å². The van der Waals surface area contributed by atoms with E-state index in [0.29, 0.717) is 0 Å². The van der Waals surface area contributed by atoms with Crippen molar-refractivity contribution in [2.75, 3.05) is 0 Å². The summed E-state index contributed by atoms with van der Waals surface area (Å²) in [6.45, 7) is 7.12. The Bertz CT molecular complexity index is 98.6. The van der Waals surface area contributed by atoms with Crippen molar-refractivity contribution in [3.05, 3.63) is 57.4 Å². The number of hydrogen-bond acceptors (Lipinski definition) is 0. The monoisotopic (exact) mass is 133 g/mol. The molecule has 0 aromatic carbocycles. The number of unbranched alkanes of at least 4 members (excludes halogenated alkanes) is 2. The highest BCUT2D eigenvalue weighted by molar-refractivity contribution is 5.09. The Hall–Kier alpha value is -0.520. The summed E-state index contributed by atoms with van der Waals surface area (Å²) < 4.78 is 0. The average Bonchev–Trinajstić information content (AvgIpc) is 1.97. The van der Waals surface area contributed by atoms with Crippen molar-refractivity contribution in [3.63, 3.8) is 0 Å². The molecule has 0 unspecified atom stereocenters. The fourth-order valence-electron chi connectivity index (χ4n) is 0.475. The Labute approximate surface area is 64.6 Å². The van der Waals surface area contributed by atoms with Crippen LogP contribution in [0, 0.1) is 33.1 Å². The molecule has 0 spiro atoms. The zero-order valence-corrected chi connectivity index (χ0v) is 6.16. The molecule has 0 bridgehead atoms. The molecule has 0 atom stereocenters. The molecule has 10 heavy (non-hydrogen) atoms. The van der Waals surface area contributed by atoms with E-state index in [1.54, 1.807) is 12.8 Å². The van der Waals surface area contributed by atoms with E-state index in [9.17, 15) is 0 Å². The van der Waals surface area contributed by atoms with Gasteiger partial charge in [-0.1, -0.05) is 24.3 Å². The van der Waals surface area contributed by atoms with Crippen molar-refractivity contribution in [3.8, 4) is 0 Å². The van der Waals surface area contributed by atoms with Crippen LogP contribution in [0.4, 0.5) is 0 Å². The summed E-state index contributed by atoms with van der Waals surface area (Å²) in [5, 5.41) is 0. The number of allylic oxidation sites excluding steroid dienone is 4. The van der Waals surface area contributed by atoms with Gasteiger partial charge in [0.15, 0.2) is 0 Å². The van der Waals surface area contributed by atoms with Gasteiger partial charge in [0.25, 0.3) is 0 Å². The van der Waals surface area contributed by atoms with Gasteiger partial charge >= 0.3 is 0 Å². The van der Waals surface area contributed by atoms with E-state index >= 15 is 0 Å². The zero-order chi connectivity index (χ0) is 7.66. The lowest BCUT2D eigenvalue weighted by Crippen LogP contribution is -1.68. The number of hydrogen-bond donors (Lipinski definition) is 0. The Morgan fingerprint density at radius 2 is 1.70 bits per heavy atom. The topological polar surface area (TPSA) is 0 Å². The first-order chi connectivity index (χ1) is 4.91. The van der Waals surface area contributed by atoms with Crippen molar-refractivity contribution in [2.45, 2.75) is 6.42 Å². The minimum atomic E-state index is 0.949. The van der Waals surface area contributed by atoms with Crippen LogP contribution in [0.5, 0.6) is 0 Å². The molecule has 0 aliphatic carbocycles. The van der Waals surface area contributed by atoms with E-state index in [-0.39, 0.29) is 0 Å². The van der Waals surface area contributed by atoms with Crippen LogP contribution in [0.3, 0.4) is 0 Å². The molecule has 0 rings (SSSR count). The van der Waals surface area contributed by atoms with Gasteiger partial charge < -0.3 is 0 Å². The highest BCUT2D eigenvalue weighted by atomic mass is 13.8. The summed E-state index contributed by atoms with van der Waals surface area (Å²) in [6.07, 6.45) is 14.4. The average molecular weight is 133 g/mol. The molecule has 0 nitrogen and oxygen atoms in total. The fraction of sp³-hybridized carbons (Fsp3) is 0.100. The molecule has 0 saturated carbocycles. The maximum atomic E-state index is 3.57. The largest absolute Gasteiger partial charge is 0.0843 e. The van der Waals surface area contributed by atoms with Crippen LogP contribution in [0.1, 0.15) is 6.42 Å². The van der Waals surface area contributed by atoms with Gasteiger partial charge in [0, 0.05) is 0 Å². The minimum Gasteiger partial charge on any atom is -0.0843 e. The van der Waals surface area contributed by atoms with Crippen LogP contribution in [-0.2, 0) is 0 Å². The molecule has 0 fully saturated rings. The first-order valence-corrected chi connectivity index (χ1v) is 3.30. The van der Waals surface area contributed by atoms with Gasteiger partial charge in [0.1, 0.15) is 0 Å². The molecule has 0 heteroatoms. The van der Waals surface area contributed by atoms with E-state index in [0.717, 1.165) is 6.42 Å². The second-order valence-corrected chi connectivity index (χ2v) is 1.76. The molecule has 0 N–H and O–H groups in total. The van der Waals surface area contributed by atoms with Crippen molar-refractivity contribution in [1.82, 2.24) is 0 Å². The summed E-state index contributed by atoms with van der Waals surface area (Å²) in [5.41, 5.74) is 0. The Morgan fingerprint density at radius 1 is 0.900 bits per heavy atom. The lowest BCUT2D eigenvalue weighted by Gasteiger charge is -1.84. The summed E-state index contributed by atoms with van der Waals surface area (Å²) in [7, 11) is 0. The third-order valence-electron chi connectivity index (χ3n) is 0.933. The maximum Gasteiger partial charge on any atom is -0.0167 e. The van der Waals surface area contributed by atoms with Gasteiger partial charge in [0.2, 0.25) is 0 Å². The van der Waals surface area contributed by atoms with E-state index in [2.05, 4.69) is 19.9 Å². The van der Waals surface area contributed by atoms with E-state index < -0.39 is 0 Å². The molecule has 0 heterocycles. The van der Waals surface area contributed by atoms with Crippen molar-refractivity contribution in [1.29, 1.82) is 0 Å². The van der Waals surface area contributed by atoms with Crippen molar-refractivity contribution >= 4 is 0 Å². The van der Waals surface area contributed by atoms with Gasteiger partial charge in [-0.3, -0.25) is 0 Å². The lowest BCUT2D eigenvalue weighted by atomic mass is 10.2. The summed E-state index contributed by atoms with van der Waals surface area (Å²) >= 11 is 0. The van der Waals surface area contributed by atoms with Crippen LogP contribution in [-0.4, -0.2) is 0 Å². The fourth-order valence-corrected chi connectivity index (χ4v) is 0.475. The SMILES string of the molecule is [CH2][CH][CH]CC=CC=C[CH][CH2]. The third kappa shape index (κ3) is 7.48. The second kappa shape index (κ2) is 8.48. The zero-order valence-electron chi connectivity index (χ0n) is 6.16. The highest BCUT2D eigenvalue weighted by Crippen LogP contribution is 1.92. The molecule has 0 aromatic rings. The molecule has 0 aromatic heterocycles. The van der Waals surface area contributed by atoms with Gasteiger partial charge in [-0.2, -0.15) is 0 Å². The Balaban J connectivity index is 3.11. The quantitative estimate of drug-likeness (QED) is 0.399. The van der Waals surface area contributed by atoms with Crippen LogP contribution >= 0.6 is 0 Å². The second-order valence-electron chi connectivity index (χ2n) is 1.76. The molecule has 0 aliphatic heterocycles. The lowest BCUT2D eigenvalue weighted by molar-refractivity contribution is 1.25. The predicted octanol–water partition coefficient (Wildman–Crippen LogP) is 2.77. The summed E-state index contributed by atoms with van der Waals surface area (Å²) in [5.74, 6) is 0. The summed E-state index contributed by atoms with van der Waals surface area (Å²) in [6, 6.07) is 0. The predicted molar refractivity (Wildman–Crippen MR) is 46.5 cm³/mol. The standard InChI is InChI=1S/C10H13/c1-3-5-7-9-10-8-6-4-2/h3-7,9-10H,1-2,8H2. The molecule has 0 amide bonds. The third-order valence-corrected chi connectivity index (χ3v) is 0.933. The van der Waals surface area contributed by atoms with Crippen molar-refractivity contribution in [2.24, 2.45) is 0 Å². The Morgan fingerprint density at radius 3 is 2.30 bits per heavy atom. The van der Waals surface area contributed by atoms with Crippen molar-refractivity contribution < 1.29 is 0 Å². The van der Waals surface area contributed by atoms with Gasteiger partial charge in [-0.25, -0.2) is 0 Å². The van der Waals surface area contributed by atoms with Crippen LogP contribution in [0.15, 0.2) is 24.3 Å². The van der Waals surface area contributed by atoms with Crippen LogP contribution < -0.4 is 0 Å². The van der Waals surface area contributed by atoms with Gasteiger partial charge in [0.05, 0.1) is 0 Å². The summed E-state index contributed by atoms with van der Waals surface area (Å²) in [4.78, 5) is 0. The molecular weight excluding hydrogens is 120 g/mol. The molecule has 5 radical (unpaired) electrons. The Kier molecular flexibility index (Phi) is 8.04. The molecule has 0 saturated heterocycles. The molecule has 0 aliphatic rings. The van der Waals surface area contributed by atoms with Gasteiger partial charge in [-0.15, -0.1) is 0 Å². The van der Waals surface area contributed by atoms with Gasteiger partial charge in [-0.05, 0) is 39.5 Å². The molecule has 53 valence electrons. The van der Waals surface area contributed by atoms with E-state index in [1.165, 1.54) is 0 Å². The van der Waals surface area contributed by atoms with Crippen LogP contribution in [0.2, 0.25) is 0 Å². The first kappa shape index (κ1) is 9.48. The van der Waals surface area contributed by atoms with E-state index in [1.807, 2.05) is 24.6 Å². The van der Waals surface area contributed by atoms with E-state index in [4.69, 9.17) is 0 Å². The first-order valence-electron chi connectivity index (χ1n) is 3.30. The highest BCUT2D eigenvalue weighted by Gasteiger charge is 1.75. The maximum absolute atomic E-state index is 3.57.